The van der Waals surface area contributed by atoms with E-state index >= 15 is 0 Å². The second-order valence-electron chi connectivity index (χ2n) is 9.12. The van der Waals surface area contributed by atoms with Gasteiger partial charge in [0.2, 0.25) is 5.91 Å². The first-order chi connectivity index (χ1) is 15.5. The highest BCUT2D eigenvalue weighted by Gasteiger charge is 2.48. The topological polar surface area (TPSA) is 78.9 Å². The Labute approximate surface area is 189 Å². The Morgan fingerprint density at radius 1 is 1.06 bits per heavy atom. The lowest BCUT2D eigenvalue weighted by Gasteiger charge is -2.49. The molecule has 1 aliphatic heterocycles. The van der Waals surface area contributed by atoms with Crippen LogP contribution >= 0.6 is 0 Å². The van der Waals surface area contributed by atoms with Crippen LogP contribution in [0.25, 0.3) is 0 Å². The third-order valence-electron chi connectivity index (χ3n) is 6.77. The molecule has 6 nitrogen and oxygen atoms in total. The van der Waals surface area contributed by atoms with Gasteiger partial charge in [-0.2, -0.15) is 0 Å². The minimum atomic E-state index is -1.13. The molecule has 32 heavy (non-hydrogen) atoms. The predicted molar refractivity (Wildman–Crippen MR) is 122 cm³/mol. The molecule has 2 aromatic rings. The summed E-state index contributed by atoms with van der Waals surface area (Å²) in [5.41, 5.74) is -0.247. The number of carbonyl (C=O) groups is 2. The number of ether oxygens (including phenoxy) is 1. The van der Waals surface area contributed by atoms with Crippen LogP contribution in [0.2, 0.25) is 0 Å². The second-order valence-corrected chi connectivity index (χ2v) is 9.12. The summed E-state index contributed by atoms with van der Waals surface area (Å²) in [6.07, 6.45) is 4.25. The number of rotatable bonds is 6. The van der Waals surface area contributed by atoms with E-state index in [2.05, 4.69) is 5.32 Å². The van der Waals surface area contributed by atoms with E-state index in [1.807, 2.05) is 60.7 Å². The third kappa shape index (κ3) is 4.96. The van der Waals surface area contributed by atoms with Crippen molar-refractivity contribution in [2.75, 3.05) is 13.2 Å². The average molecular weight is 437 g/mol. The lowest BCUT2D eigenvalue weighted by atomic mass is 9.79. The fraction of sp³-hybridized carbons (Fsp3) is 0.462. The van der Waals surface area contributed by atoms with Gasteiger partial charge in [-0.15, -0.1) is 0 Å². The first kappa shape index (κ1) is 22.3. The molecule has 2 amide bonds. The number of amides is 2. The van der Waals surface area contributed by atoms with E-state index < -0.39 is 17.7 Å². The lowest BCUT2D eigenvalue weighted by Crippen LogP contribution is -2.64. The summed E-state index contributed by atoms with van der Waals surface area (Å²) in [7, 11) is 0. The number of para-hydroxylation sites is 1. The summed E-state index contributed by atoms with van der Waals surface area (Å²) in [5.74, 6) is 0.420. The zero-order valence-corrected chi connectivity index (χ0v) is 18.6. The van der Waals surface area contributed by atoms with Crippen LogP contribution < -0.4 is 10.1 Å². The van der Waals surface area contributed by atoms with E-state index in [9.17, 15) is 14.7 Å². The van der Waals surface area contributed by atoms with Gasteiger partial charge >= 0.3 is 0 Å². The normalized spacial score (nSPS) is 26.0. The highest BCUT2D eigenvalue weighted by atomic mass is 16.5. The number of carbonyl (C=O) groups excluding carboxylic acids is 2. The molecule has 0 unspecified atom stereocenters. The van der Waals surface area contributed by atoms with Crippen molar-refractivity contribution in [3.63, 3.8) is 0 Å². The smallest absolute Gasteiger partial charge is 0.261 e. The van der Waals surface area contributed by atoms with Crippen LogP contribution in [-0.2, 0) is 9.59 Å². The van der Waals surface area contributed by atoms with Gasteiger partial charge in [-0.3, -0.25) is 9.59 Å². The average Bonchev–Trinajstić information content (AvgIpc) is 3.35. The number of likely N-dealkylation sites (tertiary alicyclic amines) is 1. The number of hydrogen-bond donors (Lipinski definition) is 2. The SMILES string of the molecule is C[C@@]1(O)CCN(C(=O)COc2ccccc2)[C@@H](c2ccccc2)[C@@H]1NC(=O)C1CCCC1. The molecule has 1 saturated carbocycles. The van der Waals surface area contributed by atoms with Crippen molar-refractivity contribution < 1.29 is 19.4 Å². The zero-order valence-electron chi connectivity index (χ0n) is 18.6. The molecule has 2 aromatic carbocycles. The number of nitrogens with zero attached hydrogens (tertiary/aromatic N) is 1. The quantitative estimate of drug-likeness (QED) is 0.727. The summed E-state index contributed by atoms with van der Waals surface area (Å²) >= 11 is 0. The van der Waals surface area contributed by atoms with E-state index in [0.29, 0.717) is 18.7 Å². The molecule has 4 rings (SSSR count). The van der Waals surface area contributed by atoms with Gasteiger partial charge in [0.05, 0.1) is 17.7 Å². The van der Waals surface area contributed by atoms with Gasteiger partial charge < -0.3 is 20.1 Å². The summed E-state index contributed by atoms with van der Waals surface area (Å²) < 4.78 is 5.71. The van der Waals surface area contributed by atoms with Gasteiger partial charge in [-0.25, -0.2) is 0 Å². The number of nitrogens with one attached hydrogen (secondary N) is 1. The molecule has 0 bridgehead atoms. The van der Waals surface area contributed by atoms with Gasteiger partial charge in [0, 0.05) is 12.5 Å². The van der Waals surface area contributed by atoms with Crippen LogP contribution in [0.15, 0.2) is 60.7 Å². The number of piperidine rings is 1. The number of hydrogen-bond acceptors (Lipinski definition) is 4. The molecule has 2 aliphatic rings. The van der Waals surface area contributed by atoms with E-state index in [4.69, 9.17) is 4.74 Å². The zero-order chi connectivity index (χ0) is 22.6. The standard InChI is InChI=1S/C26H32N2O4/c1-26(31)16-17-28(22(29)18-32-21-14-6-3-7-15-21)23(19-10-4-2-5-11-19)24(26)27-25(30)20-12-8-9-13-20/h2-7,10-11,14-15,20,23-24,31H,8-9,12-13,16-18H2,1H3,(H,27,30)/t23-,24-,26+/m0/s1. The molecular formula is C26H32N2O4. The molecule has 3 atom stereocenters. The van der Waals surface area contributed by atoms with Crippen molar-refractivity contribution in [3.05, 3.63) is 66.2 Å². The van der Waals surface area contributed by atoms with E-state index in [0.717, 1.165) is 31.2 Å². The Morgan fingerprint density at radius 3 is 2.34 bits per heavy atom. The molecule has 2 N–H and O–H groups in total. The first-order valence-corrected chi connectivity index (χ1v) is 11.5. The van der Waals surface area contributed by atoms with Crippen molar-refractivity contribution in [3.8, 4) is 5.75 Å². The van der Waals surface area contributed by atoms with Crippen molar-refractivity contribution >= 4 is 11.8 Å². The highest BCUT2D eigenvalue weighted by molar-refractivity contribution is 5.81. The van der Waals surface area contributed by atoms with Crippen LogP contribution in [0.4, 0.5) is 0 Å². The van der Waals surface area contributed by atoms with Gasteiger partial charge in [0.25, 0.3) is 5.91 Å². The van der Waals surface area contributed by atoms with Crippen LogP contribution in [0.1, 0.15) is 50.6 Å². The Kier molecular flexibility index (Phi) is 6.80. The minimum absolute atomic E-state index is 0.0188. The van der Waals surface area contributed by atoms with E-state index in [1.165, 1.54) is 0 Å². The molecule has 6 heteroatoms. The van der Waals surface area contributed by atoms with E-state index in [-0.39, 0.29) is 24.3 Å². The number of aliphatic hydroxyl groups is 1. The number of benzene rings is 2. The van der Waals surface area contributed by atoms with Crippen LogP contribution in [0, 0.1) is 5.92 Å². The molecular weight excluding hydrogens is 404 g/mol. The fourth-order valence-corrected chi connectivity index (χ4v) is 4.90. The van der Waals surface area contributed by atoms with Crippen LogP contribution in [0.5, 0.6) is 5.75 Å². The molecule has 1 heterocycles. The molecule has 1 saturated heterocycles. The fourth-order valence-electron chi connectivity index (χ4n) is 4.90. The second kappa shape index (κ2) is 9.74. The molecule has 0 aromatic heterocycles. The maximum Gasteiger partial charge on any atom is 0.261 e. The predicted octanol–water partition coefficient (Wildman–Crippen LogP) is 3.47. The molecule has 170 valence electrons. The van der Waals surface area contributed by atoms with Crippen molar-refractivity contribution in [2.45, 2.75) is 56.7 Å². The van der Waals surface area contributed by atoms with Crippen LogP contribution in [-0.4, -0.2) is 46.6 Å². The lowest BCUT2D eigenvalue weighted by molar-refractivity contribution is -0.148. The van der Waals surface area contributed by atoms with Crippen LogP contribution in [0.3, 0.4) is 0 Å². The van der Waals surface area contributed by atoms with Crippen molar-refractivity contribution in [1.82, 2.24) is 10.2 Å². The molecule has 0 radical (unpaired) electrons. The monoisotopic (exact) mass is 436 g/mol. The van der Waals surface area contributed by atoms with Crippen molar-refractivity contribution in [2.24, 2.45) is 5.92 Å². The largest absolute Gasteiger partial charge is 0.484 e. The Bertz CT molecular complexity index is 910. The Balaban J connectivity index is 1.58. The first-order valence-electron chi connectivity index (χ1n) is 11.5. The Morgan fingerprint density at radius 2 is 1.69 bits per heavy atom. The summed E-state index contributed by atoms with van der Waals surface area (Å²) in [6.45, 7) is 2.04. The third-order valence-corrected chi connectivity index (χ3v) is 6.77. The minimum Gasteiger partial charge on any atom is -0.484 e. The van der Waals surface area contributed by atoms with Gasteiger partial charge in [0.1, 0.15) is 5.75 Å². The summed E-state index contributed by atoms with van der Waals surface area (Å²) in [4.78, 5) is 28.0. The summed E-state index contributed by atoms with van der Waals surface area (Å²) in [6, 6.07) is 17.8. The molecule has 1 aliphatic carbocycles. The highest BCUT2D eigenvalue weighted by Crippen LogP contribution is 2.38. The van der Waals surface area contributed by atoms with Gasteiger partial charge in [-0.1, -0.05) is 61.4 Å². The van der Waals surface area contributed by atoms with Crippen molar-refractivity contribution in [1.29, 1.82) is 0 Å². The maximum atomic E-state index is 13.3. The Hall–Kier alpha value is -2.86. The molecule has 2 fully saturated rings. The maximum absolute atomic E-state index is 13.3. The van der Waals surface area contributed by atoms with Gasteiger partial charge in [0.15, 0.2) is 6.61 Å². The van der Waals surface area contributed by atoms with E-state index in [1.54, 1.807) is 11.8 Å². The van der Waals surface area contributed by atoms with Gasteiger partial charge in [-0.05, 0) is 43.9 Å². The molecule has 0 spiro atoms. The summed E-state index contributed by atoms with van der Waals surface area (Å²) in [5, 5.41) is 14.4.